The van der Waals surface area contributed by atoms with Crippen LogP contribution in [0.4, 0.5) is 0 Å². The van der Waals surface area contributed by atoms with Gasteiger partial charge in [-0.15, -0.1) is 0 Å². The van der Waals surface area contributed by atoms with Crippen LogP contribution in [0.5, 0.6) is 11.5 Å². The van der Waals surface area contributed by atoms with Gasteiger partial charge in [0.2, 0.25) is 0 Å². The standard InChI is InChI=1S/C26H38N2O3/c1-4-28(5-2)18-19-31-24-15-11-22(12-16-24)26(29,25-8-6-7-17-27-25)20-21-9-13-23(30-3)14-10-21/h9-16,25,27,29H,4-8,17-20H2,1-3H3. The summed E-state index contributed by atoms with van der Waals surface area (Å²) in [4.78, 5) is 2.34. The molecule has 0 radical (unpaired) electrons. The number of ether oxygens (including phenoxy) is 2. The summed E-state index contributed by atoms with van der Waals surface area (Å²) >= 11 is 0. The van der Waals surface area contributed by atoms with Crippen molar-refractivity contribution in [1.82, 2.24) is 10.2 Å². The lowest BCUT2D eigenvalue weighted by Gasteiger charge is -2.40. The fraction of sp³-hybridized carbons (Fsp3) is 0.538. The number of hydrogen-bond donors (Lipinski definition) is 2. The van der Waals surface area contributed by atoms with E-state index >= 15 is 0 Å². The molecule has 31 heavy (non-hydrogen) atoms. The van der Waals surface area contributed by atoms with Gasteiger partial charge in [0.1, 0.15) is 23.7 Å². The second-order valence-electron chi connectivity index (χ2n) is 8.35. The molecule has 0 aromatic heterocycles. The van der Waals surface area contributed by atoms with Gasteiger partial charge in [0.25, 0.3) is 0 Å². The quantitative estimate of drug-likeness (QED) is 0.569. The van der Waals surface area contributed by atoms with Crippen molar-refractivity contribution in [3.8, 4) is 11.5 Å². The van der Waals surface area contributed by atoms with Gasteiger partial charge in [-0.25, -0.2) is 0 Å². The Balaban J connectivity index is 1.75. The molecule has 3 rings (SSSR count). The average Bonchev–Trinajstić information content (AvgIpc) is 2.83. The van der Waals surface area contributed by atoms with Crippen molar-refractivity contribution in [2.24, 2.45) is 0 Å². The summed E-state index contributed by atoms with van der Waals surface area (Å²) in [7, 11) is 1.67. The highest BCUT2D eigenvalue weighted by atomic mass is 16.5. The number of likely N-dealkylation sites (N-methyl/N-ethyl adjacent to an activating group) is 1. The highest BCUT2D eigenvalue weighted by Gasteiger charge is 2.39. The molecule has 1 heterocycles. The van der Waals surface area contributed by atoms with Crippen molar-refractivity contribution in [2.45, 2.75) is 51.2 Å². The maximum absolute atomic E-state index is 11.9. The Labute approximate surface area is 187 Å². The van der Waals surface area contributed by atoms with Gasteiger partial charge in [-0.05, 0) is 67.9 Å². The molecule has 0 spiro atoms. The van der Waals surface area contributed by atoms with E-state index in [0.29, 0.717) is 13.0 Å². The number of methoxy groups -OCH3 is 1. The van der Waals surface area contributed by atoms with E-state index in [-0.39, 0.29) is 6.04 Å². The van der Waals surface area contributed by atoms with Crippen LogP contribution >= 0.6 is 0 Å². The fourth-order valence-corrected chi connectivity index (χ4v) is 4.41. The highest BCUT2D eigenvalue weighted by molar-refractivity contribution is 5.35. The zero-order valence-electron chi connectivity index (χ0n) is 19.3. The Morgan fingerprint density at radius 3 is 2.26 bits per heavy atom. The third-order valence-electron chi connectivity index (χ3n) is 6.44. The summed E-state index contributed by atoms with van der Waals surface area (Å²) in [6.07, 6.45) is 3.81. The fourth-order valence-electron chi connectivity index (χ4n) is 4.41. The van der Waals surface area contributed by atoms with E-state index in [0.717, 1.165) is 68.1 Å². The molecule has 2 unspecified atom stereocenters. The summed E-state index contributed by atoms with van der Waals surface area (Å²) < 4.78 is 11.2. The topological polar surface area (TPSA) is 54.0 Å². The zero-order valence-corrected chi connectivity index (χ0v) is 19.3. The van der Waals surface area contributed by atoms with Crippen LogP contribution in [0.3, 0.4) is 0 Å². The summed E-state index contributed by atoms with van der Waals surface area (Å²) in [5, 5.41) is 15.5. The van der Waals surface area contributed by atoms with Crippen LogP contribution in [-0.2, 0) is 12.0 Å². The van der Waals surface area contributed by atoms with Crippen LogP contribution in [0.1, 0.15) is 44.2 Å². The Morgan fingerprint density at radius 1 is 1.00 bits per heavy atom. The lowest BCUT2D eigenvalue weighted by atomic mass is 9.78. The molecular weight excluding hydrogens is 388 g/mol. The van der Waals surface area contributed by atoms with E-state index in [1.54, 1.807) is 7.11 Å². The van der Waals surface area contributed by atoms with Crippen molar-refractivity contribution >= 4 is 0 Å². The first-order valence-corrected chi connectivity index (χ1v) is 11.6. The molecule has 5 nitrogen and oxygen atoms in total. The predicted molar refractivity (Wildman–Crippen MR) is 126 cm³/mol. The third kappa shape index (κ3) is 6.22. The summed E-state index contributed by atoms with van der Waals surface area (Å²) in [5.74, 6) is 1.67. The van der Waals surface area contributed by atoms with E-state index in [2.05, 4.69) is 24.1 Å². The first kappa shape index (κ1) is 23.6. The molecule has 0 bridgehead atoms. The Kier molecular flexibility index (Phi) is 8.76. The number of nitrogens with one attached hydrogen (secondary N) is 1. The van der Waals surface area contributed by atoms with Crippen LogP contribution in [0.25, 0.3) is 0 Å². The minimum atomic E-state index is -0.977. The molecule has 5 heteroatoms. The molecule has 0 aliphatic carbocycles. The zero-order chi connectivity index (χ0) is 22.1. The predicted octanol–water partition coefficient (Wildman–Crippen LogP) is 3.99. The van der Waals surface area contributed by atoms with Crippen molar-refractivity contribution in [3.05, 3.63) is 59.7 Å². The van der Waals surface area contributed by atoms with Gasteiger partial charge in [0, 0.05) is 19.0 Å². The minimum absolute atomic E-state index is 0.0257. The molecule has 1 fully saturated rings. The molecule has 2 atom stereocenters. The first-order chi connectivity index (χ1) is 15.1. The third-order valence-corrected chi connectivity index (χ3v) is 6.44. The maximum Gasteiger partial charge on any atom is 0.119 e. The number of aliphatic hydroxyl groups is 1. The molecule has 0 amide bonds. The lowest BCUT2D eigenvalue weighted by Crippen LogP contribution is -2.52. The molecule has 1 aliphatic heterocycles. The van der Waals surface area contributed by atoms with Crippen LogP contribution in [0.15, 0.2) is 48.5 Å². The number of piperidine rings is 1. The number of hydrogen-bond acceptors (Lipinski definition) is 5. The summed E-state index contributed by atoms with van der Waals surface area (Å²) in [6, 6.07) is 16.0. The van der Waals surface area contributed by atoms with Gasteiger partial charge in [-0.1, -0.05) is 44.5 Å². The molecule has 2 aromatic rings. The smallest absolute Gasteiger partial charge is 0.119 e. The largest absolute Gasteiger partial charge is 0.497 e. The van der Waals surface area contributed by atoms with Crippen LogP contribution in [-0.4, -0.2) is 55.9 Å². The van der Waals surface area contributed by atoms with Crippen LogP contribution in [0, 0.1) is 0 Å². The normalized spacial score (nSPS) is 18.5. The molecule has 170 valence electrons. The molecular formula is C26H38N2O3. The number of benzene rings is 2. The summed E-state index contributed by atoms with van der Waals surface area (Å²) in [5.41, 5.74) is 1.04. The van der Waals surface area contributed by atoms with E-state index in [9.17, 15) is 5.11 Å². The SMILES string of the molecule is CCN(CC)CCOc1ccc(C(O)(Cc2ccc(OC)cc2)C2CCCCN2)cc1. The van der Waals surface area contributed by atoms with Crippen molar-refractivity contribution in [3.63, 3.8) is 0 Å². The van der Waals surface area contributed by atoms with E-state index in [1.807, 2.05) is 48.5 Å². The average molecular weight is 427 g/mol. The maximum atomic E-state index is 11.9. The molecule has 2 N–H and O–H groups in total. The monoisotopic (exact) mass is 426 g/mol. The summed E-state index contributed by atoms with van der Waals surface area (Å²) in [6.45, 7) is 8.94. The lowest BCUT2D eigenvalue weighted by molar-refractivity contribution is -0.0122. The van der Waals surface area contributed by atoms with Crippen LogP contribution < -0.4 is 14.8 Å². The van der Waals surface area contributed by atoms with Gasteiger partial charge in [-0.2, -0.15) is 0 Å². The second kappa shape index (κ2) is 11.5. The van der Waals surface area contributed by atoms with Crippen molar-refractivity contribution in [1.29, 1.82) is 0 Å². The molecule has 2 aromatic carbocycles. The van der Waals surface area contributed by atoms with Gasteiger partial charge in [-0.3, -0.25) is 0 Å². The molecule has 1 saturated heterocycles. The Morgan fingerprint density at radius 2 is 1.68 bits per heavy atom. The van der Waals surface area contributed by atoms with Crippen molar-refractivity contribution < 1.29 is 14.6 Å². The molecule has 0 saturated carbocycles. The van der Waals surface area contributed by atoms with E-state index in [1.165, 1.54) is 0 Å². The Hall–Kier alpha value is -2.08. The minimum Gasteiger partial charge on any atom is -0.497 e. The van der Waals surface area contributed by atoms with Gasteiger partial charge >= 0.3 is 0 Å². The highest BCUT2D eigenvalue weighted by Crippen LogP contribution is 2.34. The van der Waals surface area contributed by atoms with Gasteiger partial charge in [0.15, 0.2) is 0 Å². The first-order valence-electron chi connectivity index (χ1n) is 11.6. The van der Waals surface area contributed by atoms with Gasteiger partial charge < -0.3 is 24.8 Å². The second-order valence-corrected chi connectivity index (χ2v) is 8.35. The molecule has 1 aliphatic rings. The Bertz CT molecular complexity index is 768. The number of nitrogens with zero attached hydrogens (tertiary/aromatic N) is 1. The van der Waals surface area contributed by atoms with Crippen molar-refractivity contribution in [2.75, 3.05) is 39.9 Å². The van der Waals surface area contributed by atoms with E-state index in [4.69, 9.17) is 9.47 Å². The van der Waals surface area contributed by atoms with Crippen LogP contribution in [0.2, 0.25) is 0 Å². The van der Waals surface area contributed by atoms with Gasteiger partial charge in [0.05, 0.1) is 7.11 Å². The number of rotatable bonds is 11. The van der Waals surface area contributed by atoms with E-state index < -0.39 is 5.60 Å².